The van der Waals surface area contributed by atoms with Crippen molar-refractivity contribution in [3.63, 3.8) is 0 Å². The first-order valence-corrected chi connectivity index (χ1v) is 7.77. The lowest BCUT2D eigenvalue weighted by Gasteiger charge is -2.29. The average Bonchev–Trinajstić information content (AvgIpc) is 2.85. The summed E-state index contributed by atoms with van der Waals surface area (Å²) in [6, 6.07) is 0. The van der Waals surface area contributed by atoms with Crippen molar-refractivity contribution in [2.75, 3.05) is 7.11 Å². The fourth-order valence-corrected chi connectivity index (χ4v) is 3.01. The lowest BCUT2D eigenvalue weighted by Crippen LogP contribution is -2.37. The molecule has 14 heteroatoms. The van der Waals surface area contributed by atoms with E-state index in [1.165, 1.54) is 30.4 Å². The Morgan fingerprint density at radius 2 is 2.10 bits per heavy atom. The van der Waals surface area contributed by atoms with Crippen LogP contribution >= 0.6 is 16.3 Å². The zero-order chi connectivity index (χ0) is 15.2. The van der Waals surface area contributed by atoms with Crippen molar-refractivity contribution in [3.8, 4) is 0 Å². The molecule has 0 saturated carbocycles. The largest absolute Gasteiger partial charge is 0.449 e. The Morgan fingerprint density at radius 1 is 1.40 bits per heavy atom. The summed E-state index contributed by atoms with van der Waals surface area (Å²) in [5, 5.41) is 7.36. The molecule has 20 heavy (non-hydrogen) atoms. The van der Waals surface area contributed by atoms with Gasteiger partial charge in [0.2, 0.25) is 0 Å². The van der Waals surface area contributed by atoms with Crippen LogP contribution in [0.2, 0.25) is 0 Å². The molecular formula is C6H15N4O8P2+. The molecule has 7 N–H and O–H groups in total. The molecule has 116 valence electrons. The van der Waals surface area contributed by atoms with Gasteiger partial charge in [0.1, 0.15) is 6.54 Å². The van der Waals surface area contributed by atoms with E-state index in [0.29, 0.717) is 0 Å². The van der Waals surface area contributed by atoms with Gasteiger partial charge in [-0.25, -0.2) is 9.61 Å². The Hall–Kier alpha value is -0.330. The second-order valence-electron chi connectivity index (χ2n) is 3.41. The highest BCUT2D eigenvalue weighted by Crippen LogP contribution is 2.70. The zero-order valence-corrected chi connectivity index (χ0v) is 12.0. The number of hydrogen-bond acceptors (Lipinski definition) is 11. The van der Waals surface area contributed by atoms with Gasteiger partial charge < -0.3 is 14.6 Å². The van der Waals surface area contributed by atoms with E-state index in [-0.39, 0.29) is 0 Å². The van der Waals surface area contributed by atoms with Crippen LogP contribution in [0.15, 0.2) is 18.7 Å². The molecular weight excluding hydrogens is 318 g/mol. The number of hydrogen-bond donors (Lipinski definition) is 7. The maximum Gasteiger partial charge on any atom is 0.449 e. The molecule has 0 amide bonds. The van der Waals surface area contributed by atoms with Crippen LogP contribution in [0.5, 0.6) is 0 Å². The van der Waals surface area contributed by atoms with Crippen LogP contribution in [0.3, 0.4) is 0 Å². The second-order valence-corrected chi connectivity index (χ2v) is 7.11. The summed E-state index contributed by atoms with van der Waals surface area (Å²) in [6.07, 6.45) is 3.97. The van der Waals surface area contributed by atoms with Crippen LogP contribution in [0.4, 0.5) is 0 Å². The van der Waals surface area contributed by atoms with Crippen LogP contribution in [0, 0.1) is 0 Å². The normalized spacial score (nSPS) is 16.9. The molecule has 0 bridgehead atoms. The summed E-state index contributed by atoms with van der Waals surface area (Å²) < 4.78 is 5.66. The topological polar surface area (TPSA) is 171 Å². The number of rotatable bonds is 9. The molecule has 1 heterocycles. The number of nitrogens with one attached hydrogen (secondary N) is 2. The molecule has 12 nitrogen and oxygen atoms in total. The standard InChI is InChI=1S/C6H15N4O8P2/c1-16-8-17-9-18-19(12)6(11,20(13,14)15)4-10-3-2-7-5-10/h2-3,5,8-9,11-15H,4H2,1H3/q+1/t6?,19-/m1/s1. The molecule has 1 aromatic heterocycles. The summed E-state index contributed by atoms with van der Waals surface area (Å²) in [7, 11) is -6.61. The molecule has 0 radical (unpaired) electrons. The van der Waals surface area contributed by atoms with Crippen LogP contribution in [-0.2, 0) is 20.9 Å². The molecule has 1 unspecified atom stereocenters. The predicted molar refractivity (Wildman–Crippen MR) is 65.3 cm³/mol. The highest BCUT2D eigenvalue weighted by Gasteiger charge is 2.65. The van der Waals surface area contributed by atoms with E-state index < -0.39 is 27.9 Å². The van der Waals surface area contributed by atoms with Crippen molar-refractivity contribution in [2.45, 2.75) is 11.6 Å². The monoisotopic (exact) mass is 333 g/mol. The van der Waals surface area contributed by atoms with E-state index in [4.69, 9.17) is 0 Å². The predicted octanol–water partition coefficient (Wildman–Crippen LogP) is -1.91. The van der Waals surface area contributed by atoms with Crippen molar-refractivity contribution in [2.24, 2.45) is 0 Å². The quantitative estimate of drug-likeness (QED) is 0.153. The minimum absolute atomic E-state index is 0.578. The molecule has 0 spiro atoms. The first-order valence-electron chi connectivity index (χ1n) is 4.91. The number of nitrogens with zero attached hydrogens (tertiary/aromatic N) is 2. The minimum Gasteiger partial charge on any atom is -0.344 e. The third-order valence-corrected chi connectivity index (χ3v) is 5.45. The highest BCUT2D eigenvalue weighted by molar-refractivity contribution is 7.73. The van der Waals surface area contributed by atoms with Gasteiger partial charge in [0.05, 0.1) is 13.4 Å². The van der Waals surface area contributed by atoms with E-state index in [1.807, 2.05) is 5.64 Å². The summed E-state index contributed by atoms with van der Waals surface area (Å²) in [5.41, 5.74) is 3.51. The number of aromatic nitrogens is 2. The highest BCUT2D eigenvalue weighted by atomic mass is 31.3. The third kappa shape index (κ3) is 4.60. The minimum atomic E-state index is -4.88. The van der Waals surface area contributed by atoms with Gasteiger partial charge in [0, 0.05) is 12.4 Å². The molecule has 1 rings (SSSR count). The van der Waals surface area contributed by atoms with Crippen LogP contribution in [0.1, 0.15) is 0 Å². The van der Waals surface area contributed by atoms with Crippen molar-refractivity contribution >= 4 is 16.3 Å². The summed E-state index contributed by atoms with van der Waals surface area (Å²) >= 11 is 0. The van der Waals surface area contributed by atoms with Gasteiger partial charge in [-0.1, -0.05) is 11.3 Å². The van der Waals surface area contributed by atoms with Gasteiger partial charge in [0.15, 0.2) is 0 Å². The molecule has 2 atom stereocenters. The van der Waals surface area contributed by atoms with Crippen LogP contribution in [0.25, 0.3) is 0 Å². The van der Waals surface area contributed by atoms with Crippen molar-refractivity contribution in [3.05, 3.63) is 18.7 Å². The number of imidazole rings is 1. The van der Waals surface area contributed by atoms with E-state index in [0.717, 1.165) is 0 Å². The second kappa shape index (κ2) is 7.61. The van der Waals surface area contributed by atoms with Gasteiger partial charge in [-0.2, -0.15) is 19.6 Å². The Labute approximate surface area is 114 Å². The molecule has 1 aromatic rings. The van der Waals surface area contributed by atoms with E-state index in [1.54, 1.807) is 5.64 Å². The van der Waals surface area contributed by atoms with Crippen LogP contribution < -0.4 is 11.3 Å². The Morgan fingerprint density at radius 3 is 2.60 bits per heavy atom. The molecule has 0 aliphatic rings. The Balaban J connectivity index is 2.72. The van der Waals surface area contributed by atoms with Crippen molar-refractivity contribution in [1.29, 1.82) is 0 Å². The lowest BCUT2D eigenvalue weighted by molar-refractivity contribution is -0.252. The van der Waals surface area contributed by atoms with E-state index in [2.05, 4.69) is 19.4 Å². The van der Waals surface area contributed by atoms with Crippen LogP contribution in [-0.4, -0.2) is 46.4 Å². The first kappa shape index (κ1) is 17.7. The Bertz CT molecular complexity index is 389. The summed E-state index contributed by atoms with van der Waals surface area (Å²) in [4.78, 5) is 49.8. The summed E-state index contributed by atoms with van der Waals surface area (Å²) in [5.74, 6) is 0. The lowest BCUT2D eigenvalue weighted by atomic mass is 10.6. The van der Waals surface area contributed by atoms with Gasteiger partial charge >= 0.3 is 13.0 Å². The van der Waals surface area contributed by atoms with Crippen molar-refractivity contribution in [1.82, 2.24) is 20.8 Å². The smallest absolute Gasteiger partial charge is 0.344 e. The molecule has 0 saturated heterocycles. The zero-order valence-electron chi connectivity index (χ0n) is 10.2. The number of aliphatic hydroxyl groups is 1. The van der Waals surface area contributed by atoms with Gasteiger partial charge in [0.25, 0.3) is 8.38 Å². The molecule has 0 fully saturated rings. The van der Waals surface area contributed by atoms with Gasteiger partial charge in [-0.15, -0.1) is 0 Å². The molecule has 0 aliphatic heterocycles. The van der Waals surface area contributed by atoms with E-state index >= 15 is 0 Å². The maximum absolute atomic E-state index is 10.1. The fourth-order valence-electron chi connectivity index (χ4n) is 1.08. The van der Waals surface area contributed by atoms with E-state index in [9.17, 15) is 24.7 Å². The molecule has 0 aliphatic carbocycles. The first-order chi connectivity index (χ1) is 9.31. The van der Waals surface area contributed by atoms with Gasteiger partial charge in [-0.3, -0.25) is 4.84 Å². The maximum atomic E-state index is 10.1. The average molecular weight is 333 g/mol. The fraction of sp³-hybridized carbons (Fsp3) is 0.500. The Kier molecular flexibility index (Phi) is 6.75. The summed E-state index contributed by atoms with van der Waals surface area (Å²) in [6.45, 7) is -0.578. The SMILES string of the molecule is CONONO[P@@](O)C(O)(Cn1ccnc1)[P+](O)(O)O. The van der Waals surface area contributed by atoms with Gasteiger partial charge in [-0.05, 0) is 0 Å². The third-order valence-electron chi connectivity index (χ3n) is 2.03. The molecule has 0 aromatic carbocycles. The van der Waals surface area contributed by atoms with Crippen molar-refractivity contribution < 1.29 is 39.1 Å².